The van der Waals surface area contributed by atoms with Crippen molar-refractivity contribution < 1.29 is 14.4 Å². The molecule has 120 valence electrons. The molecule has 0 aromatic heterocycles. The van der Waals surface area contributed by atoms with Crippen LogP contribution in [-0.2, 0) is 0 Å². The maximum absolute atomic E-state index is 13.5. The van der Waals surface area contributed by atoms with Crippen LogP contribution in [0.5, 0.6) is 0 Å². The molecule has 0 fully saturated rings. The van der Waals surface area contributed by atoms with E-state index in [0.29, 0.717) is 5.56 Å². The zero-order chi connectivity index (χ0) is 16.8. The average Bonchev–Trinajstić information content (AvgIpc) is 2.55. The molecule has 0 aliphatic heterocycles. The molecule has 2 aromatic rings. The smallest absolute Gasteiger partial charge is 0.269 e. The number of hydrogen-bond donors (Lipinski definition) is 3. The Morgan fingerprint density at radius 1 is 1.26 bits per heavy atom. The Kier molecular flexibility index (Phi) is 5.56. The first-order chi connectivity index (χ1) is 11.0. The number of nitrogens with zero attached hydrogens (tertiary/aromatic N) is 1. The molecule has 0 spiro atoms. The van der Waals surface area contributed by atoms with Crippen LogP contribution in [0.3, 0.4) is 0 Å². The number of halogens is 1. The third kappa shape index (κ3) is 4.70. The lowest BCUT2D eigenvalue weighted by atomic mass is 10.1. The lowest BCUT2D eigenvalue weighted by molar-refractivity contribution is -0.384. The van der Waals surface area contributed by atoms with Crippen molar-refractivity contribution in [3.05, 3.63) is 70.0 Å². The number of nitro groups is 1. The highest BCUT2D eigenvalue weighted by atomic mass is 32.1. The molecule has 2 rings (SSSR count). The van der Waals surface area contributed by atoms with Gasteiger partial charge in [-0.05, 0) is 42.0 Å². The fourth-order valence-corrected chi connectivity index (χ4v) is 2.05. The quantitative estimate of drug-likeness (QED) is 0.442. The molecule has 0 saturated carbocycles. The van der Waals surface area contributed by atoms with Crippen LogP contribution in [-0.4, -0.2) is 21.7 Å². The normalized spacial score (nSPS) is 11.6. The van der Waals surface area contributed by atoms with Gasteiger partial charge in [-0.2, -0.15) is 0 Å². The minimum absolute atomic E-state index is 0.0503. The second-order valence-corrected chi connectivity index (χ2v) is 5.09. The molecule has 23 heavy (non-hydrogen) atoms. The largest absolute Gasteiger partial charge is 0.387 e. The molecule has 1 atom stereocenters. The average molecular weight is 335 g/mol. The molecule has 0 aliphatic carbocycles. The van der Waals surface area contributed by atoms with Gasteiger partial charge in [-0.3, -0.25) is 10.1 Å². The van der Waals surface area contributed by atoms with Crippen LogP contribution in [0.2, 0.25) is 0 Å². The van der Waals surface area contributed by atoms with Gasteiger partial charge < -0.3 is 15.7 Å². The second-order valence-electron chi connectivity index (χ2n) is 4.68. The van der Waals surface area contributed by atoms with Crippen LogP contribution in [0.15, 0.2) is 48.5 Å². The van der Waals surface area contributed by atoms with Crippen molar-refractivity contribution in [3.63, 3.8) is 0 Å². The zero-order valence-electron chi connectivity index (χ0n) is 11.9. The van der Waals surface area contributed by atoms with Crippen molar-refractivity contribution in [2.45, 2.75) is 6.10 Å². The van der Waals surface area contributed by atoms with Crippen molar-refractivity contribution >= 4 is 28.7 Å². The summed E-state index contributed by atoms with van der Waals surface area (Å²) in [5.41, 5.74) is 0.692. The summed E-state index contributed by atoms with van der Waals surface area (Å²) in [5, 5.41) is 26.2. The van der Waals surface area contributed by atoms with Crippen LogP contribution >= 0.6 is 12.2 Å². The standard InChI is InChI=1S/C15H14FN3O3S/c16-12-3-1-2-4-13(12)18-15(23)17-9-14(20)10-5-7-11(8-6-10)19(21)22/h1-8,14,20H,9H2,(H2,17,18,23)/t14-/m0/s1. The van der Waals surface area contributed by atoms with Crippen molar-refractivity contribution in [3.8, 4) is 0 Å². The summed E-state index contributed by atoms with van der Waals surface area (Å²) in [5.74, 6) is -0.437. The highest BCUT2D eigenvalue weighted by Gasteiger charge is 2.11. The maximum atomic E-state index is 13.5. The van der Waals surface area contributed by atoms with E-state index in [-0.39, 0.29) is 23.0 Å². The number of nitrogens with one attached hydrogen (secondary N) is 2. The topological polar surface area (TPSA) is 87.4 Å². The Bertz CT molecular complexity index is 709. The van der Waals surface area contributed by atoms with Crippen LogP contribution in [0.1, 0.15) is 11.7 Å². The van der Waals surface area contributed by atoms with Gasteiger partial charge in [0.25, 0.3) is 5.69 Å². The Hall–Kier alpha value is -2.58. The number of para-hydroxylation sites is 1. The van der Waals surface area contributed by atoms with Gasteiger partial charge in [0.05, 0.1) is 16.7 Å². The first-order valence-corrected chi connectivity index (χ1v) is 7.10. The van der Waals surface area contributed by atoms with Gasteiger partial charge in [0.1, 0.15) is 5.82 Å². The van der Waals surface area contributed by atoms with E-state index in [2.05, 4.69) is 10.6 Å². The lowest BCUT2D eigenvalue weighted by Crippen LogP contribution is -2.32. The first-order valence-electron chi connectivity index (χ1n) is 6.69. The first kappa shape index (κ1) is 16.8. The Morgan fingerprint density at radius 3 is 2.52 bits per heavy atom. The van der Waals surface area contributed by atoms with E-state index >= 15 is 0 Å². The van der Waals surface area contributed by atoms with E-state index in [1.165, 1.54) is 36.4 Å². The number of thiocarbonyl (C=S) groups is 1. The minimum Gasteiger partial charge on any atom is -0.387 e. The van der Waals surface area contributed by atoms with Gasteiger partial charge in [-0.25, -0.2) is 4.39 Å². The monoisotopic (exact) mass is 335 g/mol. The second kappa shape index (κ2) is 7.61. The third-order valence-electron chi connectivity index (χ3n) is 3.07. The molecule has 6 nitrogen and oxygen atoms in total. The van der Waals surface area contributed by atoms with E-state index < -0.39 is 16.8 Å². The molecular weight excluding hydrogens is 321 g/mol. The van der Waals surface area contributed by atoms with Crippen molar-refractivity contribution in [2.75, 3.05) is 11.9 Å². The van der Waals surface area contributed by atoms with Crippen LogP contribution in [0.25, 0.3) is 0 Å². The van der Waals surface area contributed by atoms with Gasteiger partial charge in [-0.15, -0.1) is 0 Å². The van der Waals surface area contributed by atoms with E-state index in [4.69, 9.17) is 12.2 Å². The minimum atomic E-state index is -0.906. The fraction of sp³-hybridized carbons (Fsp3) is 0.133. The molecule has 0 saturated heterocycles. The molecule has 8 heteroatoms. The molecule has 0 unspecified atom stereocenters. The summed E-state index contributed by atoms with van der Waals surface area (Å²) in [4.78, 5) is 10.1. The van der Waals surface area contributed by atoms with Crippen molar-refractivity contribution in [1.29, 1.82) is 0 Å². The van der Waals surface area contributed by atoms with Crippen LogP contribution in [0, 0.1) is 15.9 Å². The maximum Gasteiger partial charge on any atom is 0.269 e. The van der Waals surface area contributed by atoms with Gasteiger partial charge in [0, 0.05) is 18.7 Å². The number of aliphatic hydroxyl groups is 1. The highest BCUT2D eigenvalue weighted by molar-refractivity contribution is 7.80. The summed E-state index contributed by atoms with van der Waals surface area (Å²) in [7, 11) is 0. The molecule has 0 heterocycles. The molecule has 0 bridgehead atoms. The molecule has 3 N–H and O–H groups in total. The van der Waals surface area contributed by atoms with Crippen molar-refractivity contribution in [1.82, 2.24) is 5.32 Å². The highest BCUT2D eigenvalue weighted by Crippen LogP contribution is 2.17. The van der Waals surface area contributed by atoms with Gasteiger partial charge >= 0.3 is 0 Å². The van der Waals surface area contributed by atoms with Gasteiger partial charge in [0.2, 0.25) is 0 Å². The van der Waals surface area contributed by atoms with Crippen LogP contribution < -0.4 is 10.6 Å². The molecule has 2 aromatic carbocycles. The number of benzene rings is 2. The number of hydrogen-bond acceptors (Lipinski definition) is 4. The number of aliphatic hydroxyl groups excluding tert-OH is 1. The number of rotatable bonds is 5. The Labute approximate surface area is 137 Å². The summed E-state index contributed by atoms with van der Waals surface area (Å²) in [6, 6.07) is 11.6. The molecule has 0 aliphatic rings. The van der Waals surface area contributed by atoms with E-state index in [0.717, 1.165) is 0 Å². The summed E-state index contributed by atoms with van der Waals surface area (Å²) in [6.07, 6.45) is -0.906. The van der Waals surface area contributed by atoms with E-state index in [1.54, 1.807) is 12.1 Å². The summed E-state index contributed by atoms with van der Waals surface area (Å²) < 4.78 is 13.5. The number of nitro benzene ring substituents is 1. The molecule has 0 amide bonds. The van der Waals surface area contributed by atoms with Gasteiger partial charge in [-0.1, -0.05) is 12.1 Å². The summed E-state index contributed by atoms with van der Waals surface area (Å²) >= 11 is 5.03. The van der Waals surface area contributed by atoms with Crippen LogP contribution in [0.4, 0.5) is 15.8 Å². The lowest BCUT2D eigenvalue weighted by Gasteiger charge is -2.15. The summed E-state index contributed by atoms with van der Waals surface area (Å²) in [6.45, 7) is 0.0814. The molecule has 0 radical (unpaired) electrons. The number of anilines is 1. The SMILES string of the molecule is O=[N+]([O-])c1ccc([C@@H](O)CNC(=S)Nc2ccccc2F)cc1. The predicted molar refractivity (Wildman–Crippen MR) is 88.7 cm³/mol. The Morgan fingerprint density at radius 2 is 1.91 bits per heavy atom. The van der Waals surface area contributed by atoms with E-state index in [9.17, 15) is 19.6 Å². The van der Waals surface area contributed by atoms with Gasteiger partial charge in [0.15, 0.2) is 5.11 Å². The van der Waals surface area contributed by atoms with Crippen molar-refractivity contribution in [2.24, 2.45) is 0 Å². The van der Waals surface area contributed by atoms with E-state index in [1.807, 2.05) is 0 Å². The number of non-ortho nitro benzene ring substituents is 1. The predicted octanol–water partition coefficient (Wildman–Crippen LogP) is 2.75. The zero-order valence-corrected chi connectivity index (χ0v) is 12.7. The molecular formula is C15H14FN3O3S. The fourth-order valence-electron chi connectivity index (χ4n) is 1.85. The Balaban J connectivity index is 1.88. The third-order valence-corrected chi connectivity index (χ3v) is 3.31.